The van der Waals surface area contributed by atoms with Crippen LogP contribution >= 0.6 is 24.0 Å². The molecular formula is C19H33IN4. The number of aliphatic imine (C=N–C) groups is 1. The molecule has 1 aromatic rings. The first-order valence-electron chi connectivity index (χ1n) is 8.89. The number of aryl methyl sites for hydroxylation is 1. The van der Waals surface area contributed by atoms with Crippen molar-refractivity contribution in [1.29, 1.82) is 0 Å². The fourth-order valence-electron chi connectivity index (χ4n) is 2.97. The lowest BCUT2D eigenvalue weighted by Gasteiger charge is -2.31. The second-order valence-corrected chi connectivity index (χ2v) is 7.19. The molecule has 0 spiro atoms. The van der Waals surface area contributed by atoms with Crippen molar-refractivity contribution in [2.75, 3.05) is 31.5 Å². The van der Waals surface area contributed by atoms with Crippen LogP contribution in [0.1, 0.15) is 38.7 Å². The standard InChI is InChI=1S/C19H32N4.HI/c1-15(2)7-10-23-11-8-17(9-12-23)14-21-19(20)22-18-6-4-5-16(3)13-18;/h4-6,13,15,17H,7-12,14H2,1-3H3,(H3,20,21,22);1H. The second kappa shape index (κ2) is 10.9. The molecule has 0 radical (unpaired) electrons. The highest BCUT2D eigenvalue weighted by Gasteiger charge is 2.18. The van der Waals surface area contributed by atoms with Gasteiger partial charge in [-0.3, -0.25) is 4.99 Å². The molecule has 0 saturated carbocycles. The van der Waals surface area contributed by atoms with Crippen LogP contribution in [0.25, 0.3) is 0 Å². The van der Waals surface area contributed by atoms with E-state index >= 15 is 0 Å². The molecule has 4 nitrogen and oxygen atoms in total. The predicted molar refractivity (Wildman–Crippen MR) is 115 cm³/mol. The molecule has 0 atom stereocenters. The molecular weight excluding hydrogens is 411 g/mol. The van der Waals surface area contributed by atoms with E-state index in [2.05, 4.69) is 48.1 Å². The van der Waals surface area contributed by atoms with E-state index in [1.807, 2.05) is 12.1 Å². The van der Waals surface area contributed by atoms with E-state index in [9.17, 15) is 0 Å². The van der Waals surface area contributed by atoms with Crippen LogP contribution in [0.15, 0.2) is 29.3 Å². The largest absolute Gasteiger partial charge is 0.370 e. The Bertz CT molecular complexity index is 508. The SMILES string of the molecule is Cc1cccc(NC(N)=NCC2CCN(CCC(C)C)CC2)c1.I. The number of piperidine rings is 1. The van der Waals surface area contributed by atoms with Gasteiger partial charge in [-0.1, -0.05) is 26.0 Å². The lowest BCUT2D eigenvalue weighted by Crippen LogP contribution is -2.36. The molecule has 1 aliphatic rings. The lowest BCUT2D eigenvalue weighted by atomic mass is 9.96. The summed E-state index contributed by atoms with van der Waals surface area (Å²) in [6.45, 7) is 11.2. The van der Waals surface area contributed by atoms with Gasteiger partial charge in [0.25, 0.3) is 0 Å². The molecule has 1 aromatic carbocycles. The first-order valence-corrected chi connectivity index (χ1v) is 8.89. The van der Waals surface area contributed by atoms with Crippen molar-refractivity contribution in [2.45, 2.75) is 40.0 Å². The normalized spacial score (nSPS) is 16.9. The monoisotopic (exact) mass is 444 g/mol. The minimum absolute atomic E-state index is 0. The zero-order chi connectivity index (χ0) is 16.7. The Hall–Kier alpha value is -0.820. The minimum Gasteiger partial charge on any atom is -0.370 e. The minimum atomic E-state index is 0. The molecule has 24 heavy (non-hydrogen) atoms. The number of benzene rings is 1. The number of hydrogen-bond acceptors (Lipinski definition) is 2. The molecule has 1 aliphatic heterocycles. The molecule has 0 bridgehead atoms. The Morgan fingerprint density at radius 1 is 1.33 bits per heavy atom. The van der Waals surface area contributed by atoms with E-state index in [0.717, 1.165) is 18.2 Å². The highest BCUT2D eigenvalue weighted by molar-refractivity contribution is 14.0. The molecule has 0 aliphatic carbocycles. The average molecular weight is 444 g/mol. The van der Waals surface area contributed by atoms with Crippen molar-refractivity contribution in [3.05, 3.63) is 29.8 Å². The van der Waals surface area contributed by atoms with E-state index in [4.69, 9.17) is 5.73 Å². The fourth-order valence-corrected chi connectivity index (χ4v) is 2.97. The van der Waals surface area contributed by atoms with Gasteiger partial charge in [0.2, 0.25) is 0 Å². The molecule has 136 valence electrons. The third-order valence-electron chi connectivity index (χ3n) is 4.54. The van der Waals surface area contributed by atoms with Crippen molar-refractivity contribution in [1.82, 2.24) is 4.90 Å². The summed E-state index contributed by atoms with van der Waals surface area (Å²) in [6, 6.07) is 8.20. The van der Waals surface area contributed by atoms with Gasteiger partial charge in [0.05, 0.1) is 0 Å². The van der Waals surface area contributed by atoms with E-state index in [0.29, 0.717) is 11.9 Å². The second-order valence-electron chi connectivity index (χ2n) is 7.19. The number of rotatable bonds is 6. The summed E-state index contributed by atoms with van der Waals surface area (Å²) in [5.41, 5.74) is 8.24. The van der Waals surface area contributed by atoms with Crippen molar-refractivity contribution >= 4 is 35.6 Å². The third-order valence-corrected chi connectivity index (χ3v) is 4.54. The van der Waals surface area contributed by atoms with Gasteiger partial charge in [-0.15, -0.1) is 24.0 Å². The third kappa shape index (κ3) is 7.83. The zero-order valence-electron chi connectivity index (χ0n) is 15.3. The average Bonchev–Trinajstić information content (AvgIpc) is 2.52. The predicted octanol–water partition coefficient (Wildman–Crippen LogP) is 4.10. The molecule has 0 unspecified atom stereocenters. The summed E-state index contributed by atoms with van der Waals surface area (Å²) in [6.07, 6.45) is 3.77. The quantitative estimate of drug-likeness (QED) is 0.395. The fraction of sp³-hybridized carbons (Fsp3) is 0.632. The van der Waals surface area contributed by atoms with Gasteiger partial charge in [0.1, 0.15) is 0 Å². The molecule has 0 aromatic heterocycles. The molecule has 1 heterocycles. The highest BCUT2D eigenvalue weighted by Crippen LogP contribution is 2.18. The summed E-state index contributed by atoms with van der Waals surface area (Å²) < 4.78 is 0. The van der Waals surface area contributed by atoms with Gasteiger partial charge < -0.3 is 16.0 Å². The molecule has 2 rings (SSSR count). The first-order chi connectivity index (χ1) is 11.0. The molecule has 5 heteroatoms. The number of guanidine groups is 1. The Morgan fingerprint density at radius 2 is 2.04 bits per heavy atom. The van der Waals surface area contributed by atoms with Gasteiger partial charge in [-0.25, -0.2) is 0 Å². The van der Waals surface area contributed by atoms with Crippen molar-refractivity contribution in [3.8, 4) is 0 Å². The van der Waals surface area contributed by atoms with Crippen molar-refractivity contribution < 1.29 is 0 Å². The lowest BCUT2D eigenvalue weighted by molar-refractivity contribution is 0.180. The Labute approximate surface area is 164 Å². The highest BCUT2D eigenvalue weighted by atomic mass is 127. The molecule has 0 amide bonds. The maximum absolute atomic E-state index is 6.01. The van der Waals surface area contributed by atoms with E-state index in [1.165, 1.54) is 44.5 Å². The Morgan fingerprint density at radius 3 is 2.67 bits per heavy atom. The Balaban J connectivity index is 0.00000288. The molecule has 3 N–H and O–H groups in total. The maximum Gasteiger partial charge on any atom is 0.193 e. The Kier molecular flexibility index (Phi) is 9.66. The number of anilines is 1. The summed E-state index contributed by atoms with van der Waals surface area (Å²) in [4.78, 5) is 7.13. The van der Waals surface area contributed by atoms with Gasteiger partial charge in [-0.2, -0.15) is 0 Å². The van der Waals surface area contributed by atoms with Crippen LogP contribution in [-0.2, 0) is 0 Å². The smallest absolute Gasteiger partial charge is 0.193 e. The maximum atomic E-state index is 6.01. The van der Waals surface area contributed by atoms with Gasteiger partial charge >= 0.3 is 0 Å². The topological polar surface area (TPSA) is 53.6 Å². The number of nitrogens with zero attached hydrogens (tertiary/aromatic N) is 2. The zero-order valence-corrected chi connectivity index (χ0v) is 17.6. The van der Waals surface area contributed by atoms with Crippen LogP contribution in [0.4, 0.5) is 5.69 Å². The summed E-state index contributed by atoms with van der Waals surface area (Å²) in [5, 5.41) is 3.18. The number of halogens is 1. The van der Waals surface area contributed by atoms with Crippen molar-refractivity contribution in [3.63, 3.8) is 0 Å². The molecule has 1 fully saturated rings. The van der Waals surface area contributed by atoms with Crippen LogP contribution in [-0.4, -0.2) is 37.0 Å². The molecule has 1 saturated heterocycles. The van der Waals surface area contributed by atoms with Crippen molar-refractivity contribution in [2.24, 2.45) is 22.6 Å². The van der Waals surface area contributed by atoms with Crippen LogP contribution in [0.5, 0.6) is 0 Å². The summed E-state index contributed by atoms with van der Waals surface area (Å²) >= 11 is 0. The van der Waals surface area contributed by atoms with Crippen LogP contribution in [0, 0.1) is 18.8 Å². The van der Waals surface area contributed by atoms with E-state index in [1.54, 1.807) is 0 Å². The van der Waals surface area contributed by atoms with Crippen LogP contribution in [0.2, 0.25) is 0 Å². The van der Waals surface area contributed by atoms with Gasteiger partial charge in [-0.05, 0) is 75.4 Å². The number of likely N-dealkylation sites (tertiary alicyclic amines) is 1. The van der Waals surface area contributed by atoms with Gasteiger partial charge in [0.15, 0.2) is 5.96 Å². The summed E-state index contributed by atoms with van der Waals surface area (Å²) in [5.74, 6) is 1.99. The van der Waals surface area contributed by atoms with Crippen LogP contribution in [0.3, 0.4) is 0 Å². The first kappa shape index (κ1) is 21.2. The summed E-state index contributed by atoms with van der Waals surface area (Å²) in [7, 11) is 0. The van der Waals surface area contributed by atoms with Gasteiger partial charge in [0, 0.05) is 12.2 Å². The van der Waals surface area contributed by atoms with E-state index in [-0.39, 0.29) is 24.0 Å². The van der Waals surface area contributed by atoms with E-state index < -0.39 is 0 Å². The number of nitrogens with one attached hydrogen (secondary N) is 1. The number of nitrogens with two attached hydrogens (primary N) is 1. The number of hydrogen-bond donors (Lipinski definition) is 2. The van der Waals surface area contributed by atoms with Crippen LogP contribution < -0.4 is 11.1 Å².